The summed E-state index contributed by atoms with van der Waals surface area (Å²) in [6.45, 7) is 4.40. The Bertz CT molecular complexity index is 388. The number of benzene rings is 1. The molecule has 0 amide bonds. The molecule has 1 aliphatic rings. The molecule has 0 N–H and O–H groups in total. The van der Waals surface area contributed by atoms with E-state index in [0.29, 0.717) is 5.41 Å². The van der Waals surface area contributed by atoms with Crippen LogP contribution in [-0.4, -0.2) is 18.7 Å². The molecule has 100 valence electrons. The van der Waals surface area contributed by atoms with E-state index in [-0.39, 0.29) is 6.15 Å². The van der Waals surface area contributed by atoms with Gasteiger partial charge in [-0.15, -0.1) is 0 Å². The zero-order valence-electron chi connectivity index (χ0n) is 11.2. The minimum Gasteiger partial charge on any atom is -0.186 e. The van der Waals surface area contributed by atoms with E-state index in [1.807, 2.05) is 18.6 Å². The predicted molar refractivity (Wildman–Crippen MR) is 77.2 cm³/mol. The van der Waals surface area contributed by atoms with Crippen LogP contribution in [0, 0.1) is 6.92 Å². The highest BCUT2D eigenvalue weighted by Crippen LogP contribution is 2.48. The van der Waals surface area contributed by atoms with Crippen LogP contribution in [0.5, 0.6) is 0 Å². The lowest BCUT2D eigenvalue weighted by Crippen LogP contribution is -1.99. The lowest BCUT2D eigenvalue weighted by molar-refractivity contribution is -0.191. The molecule has 1 saturated carbocycles. The molecule has 2 rings (SSSR count). The van der Waals surface area contributed by atoms with E-state index in [4.69, 9.17) is 21.2 Å². The van der Waals surface area contributed by atoms with Gasteiger partial charge in [-0.3, -0.25) is 0 Å². The Labute approximate surface area is 118 Å². The predicted octanol–water partition coefficient (Wildman–Crippen LogP) is 4.10. The molecule has 0 radical (unpaired) electrons. The first-order valence-electron chi connectivity index (χ1n) is 5.60. The van der Waals surface area contributed by atoms with Crippen molar-refractivity contribution in [2.75, 3.05) is 12.5 Å². The van der Waals surface area contributed by atoms with E-state index in [2.05, 4.69) is 26.0 Å². The van der Waals surface area contributed by atoms with Crippen LogP contribution in [0.1, 0.15) is 30.9 Å². The fourth-order valence-electron chi connectivity index (χ4n) is 1.56. The molecule has 4 heteroatoms. The van der Waals surface area contributed by atoms with Crippen LogP contribution in [0.25, 0.3) is 0 Å². The summed E-state index contributed by atoms with van der Waals surface area (Å²) in [6.07, 6.45) is 6.96. The summed E-state index contributed by atoms with van der Waals surface area (Å²) in [5.74, 6) is 0. The van der Waals surface area contributed by atoms with Crippen LogP contribution in [0.3, 0.4) is 0 Å². The van der Waals surface area contributed by atoms with E-state index in [0.717, 1.165) is 5.02 Å². The molecular formula is C14H19ClO2S. The number of carbonyl (C=O) groups excluding carboxylic acids is 2. The van der Waals surface area contributed by atoms with E-state index in [1.54, 1.807) is 11.8 Å². The van der Waals surface area contributed by atoms with Crippen LogP contribution in [0.15, 0.2) is 18.2 Å². The van der Waals surface area contributed by atoms with Crippen molar-refractivity contribution >= 4 is 29.5 Å². The van der Waals surface area contributed by atoms with Crippen molar-refractivity contribution in [1.29, 1.82) is 0 Å². The lowest BCUT2D eigenvalue weighted by Gasteiger charge is -2.09. The van der Waals surface area contributed by atoms with E-state index >= 15 is 0 Å². The van der Waals surface area contributed by atoms with Crippen molar-refractivity contribution in [2.45, 2.75) is 32.1 Å². The number of hydrogen-bond donors (Lipinski definition) is 0. The van der Waals surface area contributed by atoms with E-state index < -0.39 is 0 Å². The summed E-state index contributed by atoms with van der Waals surface area (Å²) >= 11 is 7.73. The molecule has 0 aromatic heterocycles. The van der Waals surface area contributed by atoms with Crippen LogP contribution in [0.2, 0.25) is 5.02 Å². The van der Waals surface area contributed by atoms with Gasteiger partial charge in [0.05, 0.1) is 0 Å². The summed E-state index contributed by atoms with van der Waals surface area (Å²) in [5.41, 5.74) is 3.12. The largest absolute Gasteiger partial charge is 0.373 e. The molecule has 1 aromatic rings. The Balaban J connectivity index is 0.000000414. The maximum Gasteiger partial charge on any atom is 0.373 e. The molecule has 2 nitrogen and oxygen atoms in total. The molecule has 0 unspecified atom stereocenters. The maximum atomic E-state index is 8.12. The number of hydrogen-bond acceptors (Lipinski definition) is 3. The summed E-state index contributed by atoms with van der Waals surface area (Å²) in [5, 5.41) is 0.873. The molecule has 1 aliphatic carbocycles. The third-order valence-corrected chi connectivity index (χ3v) is 2.96. The van der Waals surface area contributed by atoms with Crippen molar-refractivity contribution in [3.05, 3.63) is 34.3 Å². The fourth-order valence-corrected chi connectivity index (χ4v) is 1.85. The molecule has 0 spiro atoms. The van der Waals surface area contributed by atoms with E-state index in [9.17, 15) is 0 Å². The molecule has 0 atom stereocenters. The molecule has 1 fully saturated rings. The van der Waals surface area contributed by atoms with Gasteiger partial charge >= 0.3 is 6.15 Å². The summed E-state index contributed by atoms with van der Waals surface area (Å²) in [6, 6.07) is 6.36. The zero-order valence-corrected chi connectivity index (χ0v) is 12.8. The molecule has 0 saturated heterocycles. The Kier molecular flexibility index (Phi) is 8.01. The van der Waals surface area contributed by atoms with Crippen LogP contribution in [0.4, 0.5) is 0 Å². The van der Waals surface area contributed by atoms with Gasteiger partial charge in [0.2, 0.25) is 0 Å². The molecule has 0 heterocycles. The van der Waals surface area contributed by atoms with Crippen molar-refractivity contribution in [2.24, 2.45) is 0 Å². The van der Waals surface area contributed by atoms with Gasteiger partial charge in [0.1, 0.15) is 0 Å². The van der Waals surface area contributed by atoms with Crippen LogP contribution in [-0.2, 0) is 15.0 Å². The number of aryl methyl sites for hydroxylation is 1. The van der Waals surface area contributed by atoms with Gasteiger partial charge in [-0.05, 0) is 61.0 Å². The lowest BCUT2D eigenvalue weighted by atomic mass is 9.97. The van der Waals surface area contributed by atoms with Gasteiger partial charge in [-0.1, -0.05) is 24.6 Å². The summed E-state index contributed by atoms with van der Waals surface area (Å²) in [4.78, 5) is 16.2. The molecular weight excluding hydrogens is 268 g/mol. The second-order valence-electron chi connectivity index (χ2n) is 4.57. The SMILES string of the molecule is CSC.Cc1cc(Cl)cc(C2(C)CC2)c1.O=C=O. The third-order valence-electron chi connectivity index (χ3n) is 2.74. The maximum absolute atomic E-state index is 8.12. The highest BCUT2D eigenvalue weighted by atomic mass is 35.5. The van der Waals surface area contributed by atoms with Crippen molar-refractivity contribution in [3.8, 4) is 0 Å². The topological polar surface area (TPSA) is 34.1 Å². The monoisotopic (exact) mass is 286 g/mol. The Morgan fingerprint density at radius 2 is 1.67 bits per heavy atom. The van der Waals surface area contributed by atoms with Gasteiger partial charge in [0.25, 0.3) is 0 Å². The first-order chi connectivity index (χ1) is 8.43. The highest BCUT2D eigenvalue weighted by Gasteiger charge is 2.39. The number of halogens is 1. The van der Waals surface area contributed by atoms with E-state index in [1.165, 1.54) is 24.0 Å². The quantitative estimate of drug-likeness (QED) is 0.779. The summed E-state index contributed by atoms with van der Waals surface area (Å²) < 4.78 is 0. The molecule has 1 aromatic carbocycles. The first-order valence-corrected chi connectivity index (χ1v) is 7.61. The van der Waals surface area contributed by atoms with Crippen LogP contribution >= 0.6 is 23.4 Å². The van der Waals surface area contributed by atoms with Gasteiger partial charge in [-0.25, -0.2) is 0 Å². The average molecular weight is 287 g/mol. The average Bonchev–Trinajstić information content (AvgIpc) is 2.99. The second kappa shape index (κ2) is 8.36. The third kappa shape index (κ3) is 6.25. The zero-order chi connectivity index (χ0) is 14.2. The number of rotatable bonds is 1. The van der Waals surface area contributed by atoms with Gasteiger partial charge < -0.3 is 0 Å². The first kappa shape index (κ1) is 17.2. The van der Waals surface area contributed by atoms with Gasteiger partial charge in [-0.2, -0.15) is 21.4 Å². The Morgan fingerprint density at radius 1 is 1.22 bits per heavy atom. The molecule has 0 aliphatic heterocycles. The van der Waals surface area contributed by atoms with Gasteiger partial charge in [0.15, 0.2) is 0 Å². The fraction of sp³-hybridized carbons (Fsp3) is 0.500. The minimum atomic E-state index is 0.250. The van der Waals surface area contributed by atoms with Crippen molar-refractivity contribution in [3.63, 3.8) is 0 Å². The Morgan fingerprint density at radius 3 is 2.00 bits per heavy atom. The minimum absolute atomic E-state index is 0.250. The summed E-state index contributed by atoms with van der Waals surface area (Å²) in [7, 11) is 0. The normalized spacial score (nSPS) is 14.3. The standard InChI is InChI=1S/C11H13Cl.C2H6S.CO2/c1-8-5-9(7-10(12)6-8)11(2)3-4-11;1-3-2;2-1-3/h5-7H,3-4H2,1-2H3;1-2H3;. The van der Waals surface area contributed by atoms with Crippen LogP contribution < -0.4 is 0 Å². The van der Waals surface area contributed by atoms with Crippen molar-refractivity contribution < 1.29 is 9.59 Å². The second-order valence-corrected chi connectivity index (χ2v) is 5.82. The number of thioether (sulfide) groups is 1. The molecule has 0 bridgehead atoms. The smallest absolute Gasteiger partial charge is 0.186 e. The Hall–Kier alpha value is -0.760. The molecule has 18 heavy (non-hydrogen) atoms. The van der Waals surface area contributed by atoms with Crippen molar-refractivity contribution in [1.82, 2.24) is 0 Å². The highest BCUT2D eigenvalue weighted by molar-refractivity contribution is 7.97. The van der Waals surface area contributed by atoms with Gasteiger partial charge in [0, 0.05) is 5.02 Å².